The fourth-order valence-corrected chi connectivity index (χ4v) is 5.25. The summed E-state index contributed by atoms with van der Waals surface area (Å²) in [7, 11) is -1.72. The second-order valence-corrected chi connectivity index (χ2v) is 11.7. The van der Waals surface area contributed by atoms with Gasteiger partial charge in [0.2, 0.25) is 10.0 Å². The lowest BCUT2D eigenvalue weighted by atomic mass is 9.83. The average molecular weight is 497 g/mol. The van der Waals surface area contributed by atoms with Crippen LogP contribution in [-0.2, 0) is 15.4 Å². The van der Waals surface area contributed by atoms with Crippen molar-refractivity contribution in [1.29, 1.82) is 0 Å². The summed E-state index contributed by atoms with van der Waals surface area (Å²) in [6.07, 6.45) is 6.19. The van der Waals surface area contributed by atoms with Crippen LogP contribution >= 0.6 is 0 Å². The van der Waals surface area contributed by atoms with Crippen molar-refractivity contribution in [3.8, 4) is 16.9 Å². The molecule has 0 saturated heterocycles. The third kappa shape index (κ3) is 5.65. The molecule has 1 saturated carbocycles. The van der Waals surface area contributed by atoms with Gasteiger partial charge in [-0.2, -0.15) is 0 Å². The van der Waals surface area contributed by atoms with Crippen molar-refractivity contribution >= 4 is 27.9 Å². The summed E-state index contributed by atoms with van der Waals surface area (Å²) in [4.78, 5) is 14.9. The van der Waals surface area contributed by atoms with Crippen LogP contribution in [-0.4, -0.2) is 25.8 Å². The number of ether oxygens (including phenoxy) is 1. The Morgan fingerprint density at radius 2 is 1.77 bits per heavy atom. The number of aromatic amines is 1. The number of benzene rings is 2. The fourth-order valence-electron chi connectivity index (χ4n) is 3.86. The molecule has 4 rings (SSSR count). The zero-order valence-electron chi connectivity index (χ0n) is 20.2. The van der Waals surface area contributed by atoms with Crippen LogP contribution in [0.1, 0.15) is 50.3 Å². The standard InChI is InChI=1S/C27H29FN2O4S/c1-27(2,3)24-14-19(23-15-20(28)16-29-26(23)31)13-18(25(24)34-4)8-5-17-6-9-21(10-7-17)30-35(32,33)22-11-12-22/h5-10,13-16,22,30H,11-12H2,1-4H3,(H,29,31). The summed E-state index contributed by atoms with van der Waals surface area (Å²) in [6.45, 7) is 6.12. The molecular formula is C27H29FN2O4S. The zero-order valence-corrected chi connectivity index (χ0v) is 21.0. The molecule has 35 heavy (non-hydrogen) atoms. The van der Waals surface area contributed by atoms with Crippen molar-refractivity contribution in [3.63, 3.8) is 0 Å². The van der Waals surface area contributed by atoms with Gasteiger partial charge in [0.1, 0.15) is 11.6 Å². The van der Waals surface area contributed by atoms with Crippen LogP contribution in [0.5, 0.6) is 5.75 Å². The normalized spacial score (nSPS) is 14.3. The molecule has 8 heteroatoms. The van der Waals surface area contributed by atoms with Gasteiger partial charge in [-0.3, -0.25) is 9.52 Å². The summed E-state index contributed by atoms with van der Waals surface area (Å²) in [5.41, 5.74) is 3.13. The molecule has 1 fully saturated rings. The SMILES string of the molecule is COc1c(C=Cc2ccc(NS(=O)(=O)C3CC3)cc2)cc(-c2cc(F)c[nH]c2=O)cc1C(C)(C)C. The maximum absolute atomic E-state index is 13.9. The lowest BCUT2D eigenvalue weighted by molar-refractivity contribution is 0.397. The molecule has 184 valence electrons. The number of nitrogens with one attached hydrogen (secondary N) is 2. The molecule has 0 unspecified atom stereocenters. The summed E-state index contributed by atoms with van der Waals surface area (Å²) in [5.74, 6) is 0.140. The van der Waals surface area contributed by atoms with Gasteiger partial charge < -0.3 is 9.72 Å². The van der Waals surface area contributed by atoms with Crippen LogP contribution in [0.3, 0.4) is 0 Å². The van der Waals surface area contributed by atoms with Crippen LogP contribution in [0.4, 0.5) is 10.1 Å². The highest BCUT2D eigenvalue weighted by Crippen LogP contribution is 2.38. The molecule has 0 radical (unpaired) electrons. The molecule has 1 aromatic heterocycles. The van der Waals surface area contributed by atoms with Crippen molar-refractivity contribution in [2.75, 3.05) is 11.8 Å². The number of H-pyrrole nitrogens is 1. The average Bonchev–Trinajstić information content (AvgIpc) is 3.65. The Morgan fingerprint density at radius 1 is 1.09 bits per heavy atom. The zero-order chi connectivity index (χ0) is 25.4. The summed E-state index contributed by atoms with van der Waals surface area (Å²) in [6, 6.07) is 12.0. The maximum Gasteiger partial charge on any atom is 0.256 e. The first-order valence-corrected chi connectivity index (χ1v) is 12.9. The molecule has 0 atom stereocenters. The molecule has 2 N–H and O–H groups in total. The number of halogens is 1. The minimum Gasteiger partial charge on any atom is -0.496 e. The first kappa shape index (κ1) is 24.7. The van der Waals surface area contributed by atoms with Crippen LogP contribution < -0.4 is 15.0 Å². The number of hydrogen-bond acceptors (Lipinski definition) is 4. The Bertz CT molecular complexity index is 1430. The first-order chi connectivity index (χ1) is 16.5. The largest absolute Gasteiger partial charge is 0.496 e. The van der Waals surface area contributed by atoms with Gasteiger partial charge in [0.05, 0.1) is 12.4 Å². The third-order valence-electron chi connectivity index (χ3n) is 5.90. The van der Waals surface area contributed by atoms with E-state index in [1.807, 2.05) is 51.1 Å². The summed E-state index contributed by atoms with van der Waals surface area (Å²) >= 11 is 0. The van der Waals surface area contributed by atoms with Gasteiger partial charge in [0.25, 0.3) is 5.56 Å². The highest BCUT2D eigenvalue weighted by Gasteiger charge is 2.35. The second-order valence-electron chi connectivity index (χ2n) is 9.76. The molecule has 1 heterocycles. The molecule has 0 bridgehead atoms. The number of aromatic nitrogens is 1. The van der Waals surface area contributed by atoms with Gasteiger partial charge >= 0.3 is 0 Å². The van der Waals surface area contributed by atoms with Crippen LogP contribution in [0.2, 0.25) is 0 Å². The van der Waals surface area contributed by atoms with Gasteiger partial charge in [-0.15, -0.1) is 0 Å². The lowest BCUT2D eigenvalue weighted by Gasteiger charge is -2.24. The first-order valence-electron chi connectivity index (χ1n) is 11.4. The van der Waals surface area contributed by atoms with E-state index in [0.29, 0.717) is 29.8 Å². The Balaban J connectivity index is 1.71. The Kier molecular flexibility index (Phi) is 6.60. The number of methoxy groups -OCH3 is 1. The number of sulfonamides is 1. The van der Waals surface area contributed by atoms with Crippen molar-refractivity contribution in [3.05, 3.63) is 81.5 Å². The van der Waals surface area contributed by atoms with E-state index in [9.17, 15) is 17.6 Å². The van der Waals surface area contributed by atoms with Crippen molar-refractivity contribution in [2.24, 2.45) is 0 Å². The Morgan fingerprint density at radius 3 is 2.37 bits per heavy atom. The van der Waals surface area contributed by atoms with Gasteiger partial charge in [-0.25, -0.2) is 12.8 Å². The molecule has 0 aliphatic heterocycles. The van der Waals surface area contributed by atoms with Crippen molar-refractivity contribution in [2.45, 2.75) is 44.3 Å². The number of pyridine rings is 1. The van der Waals surface area contributed by atoms with Crippen LogP contribution in [0.15, 0.2) is 53.5 Å². The maximum atomic E-state index is 13.9. The van der Waals surface area contributed by atoms with E-state index in [4.69, 9.17) is 4.74 Å². The third-order valence-corrected chi connectivity index (χ3v) is 7.77. The van der Waals surface area contributed by atoms with Crippen LogP contribution in [0, 0.1) is 5.82 Å². The molecule has 1 aliphatic rings. The smallest absolute Gasteiger partial charge is 0.256 e. The molecule has 0 amide bonds. The van der Waals surface area contributed by atoms with E-state index in [1.54, 1.807) is 25.3 Å². The number of anilines is 1. The van der Waals surface area contributed by atoms with E-state index < -0.39 is 15.8 Å². The van der Waals surface area contributed by atoms with E-state index in [0.717, 1.165) is 22.9 Å². The highest BCUT2D eigenvalue weighted by atomic mass is 32.2. The van der Waals surface area contributed by atoms with E-state index in [-0.39, 0.29) is 21.8 Å². The molecular weight excluding hydrogens is 467 g/mol. The molecule has 6 nitrogen and oxygen atoms in total. The molecule has 3 aromatic rings. The summed E-state index contributed by atoms with van der Waals surface area (Å²) in [5, 5.41) is -0.288. The fraction of sp³-hybridized carbons (Fsp3) is 0.296. The van der Waals surface area contributed by atoms with Crippen molar-refractivity contribution in [1.82, 2.24) is 4.98 Å². The van der Waals surface area contributed by atoms with E-state index in [1.165, 1.54) is 6.07 Å². The summed E-state index contributed by atoms with van der Waals surface area (Å²) < 4.78 is 46.6. The minimum atomic E-state index is -3.31. The monoisotopic (exact) mass is 496 g/mol. The van der Waals surface area contributed by atoms with Gasteiger partial charge in [0, 0.05) is 28.6 Å². The Hall–Kier alpha value is -3.39. The quantitative estimate of drug-likeness (QED) is 0.419. The van der Waals surface area contributed by atoms with Gasteiger partial charge in [-0.1, -0.05) is 45.1 Å². The van der Waals surface area contributed by atoms with Crippen molar-refractivity contribution < 1.29 is 17.5 Å². The topological polar surface area (TPSA) is 88.3 Å². The minimum absolute atomic E-state index is 0.236. The predicted molar refractivity (Wildman–Crippen MR) is 139 cm³/mol. The number of hydrogen-bond donors (Lipinski definition) is 2. The lowest BCUT2D eigenvalue weighted by Crippen LogP contribution is -2.17. The molecule has 1 aliphatic carbocycles. The highest BCUT2D eigenvalue weighted by molar-refractivity contribution is 7.93. The Labute approximate surface area is 204 Å². The van der Waals surface area contributed by atoms with Gasteiger partial charge in [-0.05, 0) is 59.7 Å². The second kappa shape index (κ2) is 9.34. The van der Waals surface area contributed by atoms with Crippen LogP contribution in [0.25, 0.3) is 23.3 Å². The molecule has 2 aromatic carbocycles. The molecule has 0 spiro atoms. The predicted octanol–water partition coefficient (Wildman–Crippen LogP) is 5.56. The van der Waals surface area contributed by atoms with E-state index >= 15 is 0 Å². The van der Waals surface area contributed by atoms with Gasteiger partial charge in [0.15, 0.2) is 0 Å². The van der Waals surface area contributed by atoms with E-state index in [2.05, 4.69) is 9.71 Å². The number of rotatable bonds is 7.